The van der Waals surface area contributed by atoms with E-state index in [9.17, 15) is 0 Å². The van der Waals surface area contributed by atoms with Gasteiger partial charge in [-0.05, 0) is 19.8 Å². The maximum Gasteiger partial charge on any atom is 0.163 e. The molecule has 1 saturated carbocycles. The van der Waals surface area contributed by atoms with Crippen LogP contribution in [0.15, 0.2) is 6.33 Å². The molecule has 18 heavy (non-hydrogen) atoms. The summed E-state index contributed by atoms with van der Waals surface area (Å²) < 4.78 is 7.98. The molecule has 5 heteroatoms. The van der Waals surface area contributed by atoms with Gasteiger partial charge in [0.05, 0.1) is 6.61 Å². The third kappa shape index (κ3) is 2.29. The van der Waals surface area contributed by atoms with E-state index in [-0.39, 0.29) is 6.10 Å². The Kier molecular flexibility index (Phi) is 3.61. The lowest BCUT2D eigenvalue weighted by atomic mass is 10.1. The summed E-state index contributed by atoms with van der Waals surface area (Å²) in [5.41, 5.74) is 0. The van der Waals surface area contributed by atoms with E-state index < -0.39 is 0 Å². The van der Waals surface area contributed by atoms with Crippen LogP contribution in [0.1, 0.15) is 44.5 Å². The van der Waals surface area contributed by atoms with Crippen LogP contribution < -0.4 is 0 Å². The molecule has 0 bridgehead atoms. The van der Waals surface area contributed by atoms with Gasteiger partial charge in [-0.3, -0.25) is 4.90 Å². The number of aryl methyl sites for hydroxylation is 1. The predicted molar refractivity (Wildman–Crippen MR) is 68.2 cm³/mol. The number of morpholine rings is 1. The zero-order chi connectivity index (χ0) is 12.4. The highest BCUT2D eigenvalue weighted by atomic mass is 16.5. The molecule has 1 aromatic heterocycles. The van der Waals surface area contributed by atoms with Crippen molar-refractivity contribution in [1.82, 2.24) is 19.7 Å². The van der Waals surface area contributed by atoms with Crippen LogP contribution in [-0.2, 0) is 11.3 Å². The molecule has 1 aromatic rings. The Morgan fingerprint density at radius 3 is 3.00 bits per heavy atom. The first-order valence-electron chi connectivity index (χ1n) is 7.12. The third-order valence-electron chi connectivity index (χ3n) is 4.21. The molecule has 0 amide bonds. The Balaban J connectivity index is 1.69. The van der Waals surface area contributed by atoms with E-state index in [2.05, 4.69) is 26.6 Å². The molecule has 0 spiro atoms. The van der Waals surface area contributed by atoms with Crippen molar-refractivity contribution in [3.63, 3.8) is 0 Å². The molecule has 5 nitrogen and oxygen atoms in total. The fourth-order valence-corrected chi connectivity index (χ4v) is 3.18. The number of ether oxygens (including phenoxy) is 1. The smallest absolute Gasteiger partial charge is 0.163 e. The molecule has 0 N–H and O–H groups in total. The van der Waals surface area contributed by atoms with Gasteiger partial charge >= 0.3 is 0 Å². The minimum absolute atomic E-state index is 0.0989. The van der Waals surface area contributed by atoms with Crippen LogP contribution in [0, 0.1) is 0 Å². The summed E-state index contributed by atoms with van der Waals surface area (Å²) in [7, 11) is 0. The summed E-state index contributed by atoms with van der Waals surface area (Å²) in [5, 5.41) is 8.24. The van der Waals surface area contributed by atoms with Gasteiger partial charge in [0.1, 0.15) is 12.4 Å². The van der Waals surface area contributed by atoms with Crippen LogP contribution in [0.4, 0.5) is 0 Å². The van der Waals surface area contributed by atoms with Crippen LogP contribution in [0.3, 0.4) is 0 Å². The zero-order valence-electron chi connectivity index (χ0n) is 11.1. The van der Waals surface area contributed by atoms with Gasteiger partial charge in [0, 0.05) is 25.7 Å². The Hall–Kier alpha value is -0.940. The molecule has 2 aliphatic rings. The average molecular weight is 250 g/mol. The number of rotatable bonds is 3. The molecule has 1 atom stereocenters. The summed E-state index contributed by atoms with van der Waals surface area (Å²) in [6.07, 6.45) is 7.38. The van der Waals surface area contributed by atoms with Gasteiger partial charge in [-0.1, -0.05) is 12.8 Å². The van der Waals surface area contributed by atoms with Gasteiger partial charge in [0.15, 0.2) is 5.82 Å². The Bertz CT molecular complexity index is 386. The highest BCUT2D eigenvalue weighted by molar-refractivity contribution is 4.96. The second-order valence-corrected chi connectivity index (χ2v) is 5.27. The first kappa shape index (κ1) is 12.1. The standard InChI is InChI=1S/C13H22N4O/c1-2-16-10-14-15-13(16)12-9-17(7-8-18-12)11-5-3-4-6-11/h10-12H,2-9H2,1H3/t12-/m0/s1. The lowest BCUT2D eigenvalue weighted by Gasteiger charge is -2.36. The van der Waals surface area contributed by atoms with Gasteiger partial charge in [-0.2, -0.15) is 0 Å². The monoisotopic (exact) mass is 250 g/mol. The van der Waals surface area contributed by atoms with E-state index in [4.69, 9.17) is 4.74 Å². The first-order chi connectivity index (χ1) is 8.88. The largest absolute Gasteiger partial charge is 0.368 e. The van der Waals surface area contributed by atoms with E-state index in [1.54, 1.807) is 6.33 Å². The molecule has 100 valence electrons. The molecule has 2 fully saturated rings. The fourth-order valence-electron chi connectivity index (χ4n) is 3.18. The second kappa shape index (κ2) is 5.36. The van der Waals surface area contributed by atoms with Gasteiger partial charge in [-0.25, -0.2) is 0 Å². The molecule has 0 unspecified atom stereocenters. The van der Waals surface area contributed by atoms with Crippen molar-refractivity contribution in [1.29, 1.82) is 0 Å². The molecule has 1 saturated heterocycles. The summed E-state index contributed by atoms with van der Waals surface area (Å²) in [6, 6.07) is 0.773. The molecular weight excluding hydrogens is 228 g/mol. The predicted octanol–water partition coefficient (Wildman–Crippen LogP) is 1.61. The highest BCUT2D eigenvalue weighted by Gasteiger charge is 2.31. The number of hydrogen-bond donors (Lipinski definition) is 0. The Morgan fingerprint density at radius 1 is 1.39 bits per heavy atom. The molecule has 1 aliphatic carbocycles. The van der Waals surface area contributed by atoms with Crippen LogP contribution in [0.5, 0.6) is 0 Å². The second-order valence-electron chi connectivity index (χ2n) is 5.27. The lowest BCUT2D eigenvalue weighted by molar-refractivity contribution is -0.0495. The van der Waals surface area contributed by atoms with E-state index in [1.165, 1.54) is 25.7 Å². The van der Waals surface area contributed by atoms with Crippen molar-refractivity contribution in [2.24, 2.45) is 0 Å². The van der Waals surface area contributed by atoms with Crippen molar-refractivity contribution >= 4 is 0 Å². The minimum Gasteiger partial charge on any atom is -0.368 e. The summed E-state index contributed by atoms with van der Waals surface area (Å²) in [5.74, 6) is 0.986. The SMILES string of the molecule is CCn1cnnc1[C@@H]1CN(C2CCCC2)CCO1. The summed E-state index contributed by atoms with van der Waals surface area (Å²) >= 11 is 0. The van der Waals surface area contributed by atoms with Crippen molar-refractivity contribution < 1.29 is 4.74 Å². The van der Waals surface area contributed by atoms with Crippen molar-refractivity contribution in [2.75, 3.05) is 19.7 Å². The van der Waals surface area contributed by atoms with E-state index in [1.807, 2.05) is 0 Å². The maximum atomic E-state index is 5.89. The van der Waals surface area contributed by atoms with Gasteiger partial charge in [0.2, 0.25) is 0 Å². The lowest BCUT2D eigenvalue weighted by Crippen LogP contribution is -2.44. The maximum absolute atomic E-state index is 5.89. The molecule has 3 rings (SSSR count). The van der Waals surface area contributed by atoms with Crippen LogP contribution >= 0.6 is 0 Å². The van der Waals surface area contributed by atoms with Crippen molar-refractivity contribution in [2.45, 2.75) is 51.3 Å². The third-order valence-corrected chi connectivity index (χ3v) is 4.21. The van der Waals surface area contributed by atoms with Gasteiger partial charge in [0.25, 0.3) is 0 Å². The van der Waals surface area contributed by atoms with Crippen molar-refractivity contribution in [3.8, 4) is 0 Å². The van der Waals surface area contributed by atoms with E-state index in [0.29, 0.717) is 0 Å². The normalized spacial score (nSPS) is 26.8. The Labute approximate surface area is 108 Å². The zero-order valence-corrected chi connectivity index (χ0v) is 11.1. The van der Waals surface area contributed by atoms with Crippen molar-refractivity contribution in [3.05, 3.63) is 12.2 Å². The highest BCUT2D eigenvalue weighted by Crippen LogP contribution is 2.28. The molecular formula is C13H22N4O. The first-order valence-corrected chi connectivity index (χ1v) is 7.12. The average Bonchev–Trinajstić information content (AvgIpc) is 3.10. The molecule has 0 radical (unpaired) electrons. The summed E-state index contributed by atoms with van der Waals surface area (Å²) in [6.45, 7) is 5.89. The fraction of sp³-hybridized carbons (Fsp3) is 0.846. The molecule has 2 heterocycles. The van der Waals surface area contributed by atoms with Gasteiger partial charge in [-0.15, -0.1) is 10.2 Å². The molecule has 0 aromatic carbocycles. The number of nitrogens with zero attached hydrogens (tertiary/aromatic N) is 4. The van der Waals surface area contributed by atoms with E-state index >= 15 is 0 Å². The quantitative estimate of drug-likeness (QED) is 0.817. The Morgan fingerprint density at radius 2 is 2.22 bits per heavy atom. The molecule has 1 aliphatic heterocycles. The van der Waals surface area contributed by atoms with Gasteiger partial charge < -0.3 is 9.30 Å². The minimum atomic E-state index is 0.0989. The summed E-state index contributed by atoms with van der Waals surface area (Å²) in [4.78, 5) is 2.59. The van der Waals surface area contributed by atoms with Crippen LogP contribution in [0.2, 0.25) is 0 Å². The topological polar surface area (TPSA) is 43.2 Å². The number of aromatic nitrogens is 3. The van der Waals surface area contributed by atoms with E-state index in [0.717, 1.165) is 38.1 Å². The number of hydrogen-bond acceptors (Lipinski definition) is 4. The van der Waals surface area contributed by atoms with Crippen LogP contribution in [-0.4, -0.2) is 45.4 Å². The van der Waals surface area contributed by atoms with Crippen LogP contribution in [0.25, 0.3) is 0 Å².